The fourth-order valence-corrected chi connectivity index (χ4v) is 4.43. The first-order valence-corrected chi connectivity index (χ1v) is 10.4. The third-order valence-electron chi connectivity index (χ3n) is 4.77. The average Bonchev–Trinajstić information content (AvgIpc) is 3.16. The molecule has 27 heavy (non-hydrogen) atoms. The number of ether oxygens (including phenoxy) is 2. The first-order chi connectivity index (χ1) is 13.1. The second-order valence-electron chi connectivity index (χ2n) is 6.62. The van der Waals surface area contributed by atoms with Crippen LogP contribution in [0.2, 0.25) is 0 Å². The first kappa shape index (κ1) is 18.0. The molecule has 2 heterocycles. The lowest BCUT2D eigenvalue weighted by Gasteiger charge is -2.33. The van der Waals surface area contributed by atoms with E-state index in [-0.39, 0.29) is 6.79 Å². The molecule has 0 atom stereocenters. The largest absolute Gasteiger partial charge is 0.454 e. The van der Waals surface area contributed by atoms with Crippen molar-refractivity contribution in [3.63, 3.8) is 0 Å². The quantitative estimate of drug-likeness (QED) is 0.790. The van der Waals surface area contributed by atoms with Gasteiger partial charge < -0.3 is 9.47 Å². The maximum absolute atomic E-state index is 12.5. The van der Waals surface area contributed by atoms with Gasteiger partial charge in [-0.15, -0.1) is 0 Å². The molecule has 2 aromatic rings. The Morgan fingerprint density at radius 2 is 1.67 bits per heavy atom. The molecule has 0 N–H and O–H groups in total. The number of hydrogen-bond donors (Lipinski definition) is 0. The van der Waals surface area contributed by atoms with Gasteiger partial charge in [0.05, 0.1) is 0 Å². The summed E-state index contributed by atoms with van der Waals surface area (Å²) in [6, 6.07) is 15.4. The van der Waals surface area contributed by atoms with Crippen molar-refractivity contribution in [2.45, 2.75) is 6.54 Å². The summed E-state index contributed by atoms with van der Waals surface area (Å²) in [5.41, 5.74) is 2.02. The minimum absolute atomic E-state index is 0.270. The van der Waals surface area contributed by atoms with Crippen molar-refractivity contribution in [3.8, 4) is 11.5 Å². The minimum atomic E-state index is -3.40. The van der Waals surface area contributed by atoms with E-state index in [0.29, 0.717) is 26.2 Å². The van der Waals surface area contributed by atoms with Crippen LogP contribution in [0.3, 0.4) is 0 Å². The van der Waals surface area contributed by atoms with Gasteiger partial charge in [-0.25, -0.2) is 8.42 Å². The number of hydrogen-bond acceptors (Lipinski definition) is 5. The highest BCUT2D eigenvalue weighted by Crippen LogP contribution is 2.32. The Morgan fingerprint density at radius 3 is 2.44 bits per heavy atom. The van der Waals surface area contributed by atoms with Gasteiger partial charge in [-0.3, -0.25) is 4.90 Å². The zero-order valence-corrected chi connectivity index (χ0v) is 15.8. The minimum Gasteiger partial charge on any atom is -0.454 e. The Bertz CT molecular complexity index is 920. The standard InChI is InChI=1S/C20H22N2O4S/c23-27(24,13-8-17-4-2-1-3-5-17)22-11-9-21(10-12-22)15-18-6-7-19-20(14-18)26-16-25-19/h1-8,13-14H,9-12,15-16H2/b13-8+. The highest BCUT2D eigenvalue weighted by atomic mass is 32.2. The fraction of sp³-hybridized carbons (Fsp3) is 0.300. The zero-order valence-electron chi connectivity index (χ0n) is 15.0. The van der Waals surface area contributed by atoms with Gasteiger partial charge in [0.1, 0.15) is 0 Å². The Balaban J connectivity index is 1.33. The highest BCUT2D eigenvalue weighted by molar-refractivity contribution is 7.92. The molecule has 0 saturated carbocycles. The molecule has 0 aliphatic carbocycles. The average molecular weight is 386 g/mol. The molecule has 142 valence electrons. The lowest BCUT2D eigenvalue weighted by atomic mass is 10.2. The van der Waals surface area contributed by atoms with Gasteiger partial charge in [0.15, 0.2) is 11.5 Å². The SMILES string of the molecule is O=S(=O)(/C=C/c1ccccc1)N1CCN(Cc2ccc3c(c2)OCO3)CC1. The predicted molar refractivity (Wildman–Crippen MR) is 104 cm³/mol. The Hall–Kier alpha value is -2.35. The van der Waals surface area contributed by atoms with Crippen LogP contribution >= 0.6 is 0 Å². The van der Waals surface area contributed by atoms with Crippen LogP contribution in [0.5, 0.6) is 11.5 Å². The fourth-order valence-electron chi connectivity index (χ4n) is 3.25. The van der Waals surface area contributed by atoms with E-state index in [1.165, 1.54) is 5.41 Å². The zero-order chi connectivity index (χ0) is 18.7. The van der Waals surface area contributed by atoms with E-state index in [0.717, 1.165) is 29.2 Å². The van der Waals surface area contributed by atoms with Gasteiger partial charge in [0.2, 0.25) is 16.8 Å². The summed E-state index contributed by atoms with van der Waals surface area (Å²) < 4.78 is 37.4. The monoisotopic (exact) mass is 386 g/mol. The smallest absolute Gasteiger partial charge is 0.236 e. The molecule has 4 rings (SSSR count). The number of benzene rings is 2. The second kappa shape index (κ2) is 7.72. The van der Waals surface area contributed by atoms with Crippen molar-refractivity contribution in [2.75, 3.05) is 33.0 Å². The topological polar surface area (TPSA) is 59.1 Å². The van der Waals surface area contributed by atoms with Gasteiger partial charge in [-0.1, -0.05) is 36.4 Å². The lowest BCUT2D eigenvalue weighted by molar-refractivity contribution is 0.173. The molecule has 6 nitrogen and oxygen atoms in total. The van der Waals surface area contributed by atoms with Crippen molar-refractivity contribution in [2.24, 2.45) is 0 Å². The molecule has 0 amide bonds. The van der Waals surface area contributed by atoms with Crippen molar-refractivity contribution < 1.29 is 17.9 Å². The van der Waals surface area contributed by atoms with E-state index >= 15 is 0 Å². The summed E-state index contributed by atoms with van der Waals surface area (Å²) in [6.07, 6.45) is 1.65. The van der Waals surface area contributed by atoms with E-state index in [1.54, 1.807) is 10.4 Å². The van der Waals surface area contributed by atoms with E-state index in [2.05, 4.69) is 4.90 Å². The third kappa shape index (κ3) is 4.32. The van der Waals surface area contributed by atoms with E-state index in [9.17, 15) is 8.42 Å². The van der Waals surface area contributed by atoms with Gasteiger partial charge >= 0.3 is 0 Å². The van der Waals surface area contributed by atoms with Gasteiger partial charge in [0, 0.05) is 38.1 Å². The maximum atomic E-state index is 12.5. The molecular formula is C20H22N2O4S. The van der Waals surface area contributed by atoms with Gasteiger partial charge in [-0.05, 0) is 29.3 Å². The number of sulfonamides is 1. The van der Waals surface area contributed by atoms with E-state index in [4.69, 9.17) is 9.47 Å². The number of rotatable bonds is 5. The van der Waals surface area contributed by atoms with Crippen molar-refractivity contribution in [1.82, 2.24) is 9.21 Å². The van der Waals surface area contributed by atoms with Crippen LogP contribution in [0.25, 0.3) is 6.08 Å². The Labute approximate surface area is 159 Å². The van der Waals surface area contributed by atoms with Crippen LogP contribution in [0.1, 0.15) is 11.1 Å². The Kier molecular flexibility index (Phi) is 5.15. The van der Waals surface area contributed by atoms with E-state index in [1.807, 2.05) is 48.5 Å². The molecule has 0 bridgehead atoms. The normalized spacial score (nSPS) is 18.2. The Morgan fingerprint density at radius 1 is 0.926 bits per heavy atom. The number of piperazine rings is 1. The molecule has 7 heteroatoms. The van der Waals surface area contributed by atoms with E-state index < -0.39 is 10.0 Å². The highest BCUT2D eigenvalue weighted by Gasteiger charge is 2.25. The van der Waals surface area contributed by atoms with Crippen LogP contribution in [-0.2, 0) is 16.6 Å². The number of fused-ring (bicyclic) bond motifs is 1. The molecule has 2 aliphatic heterocycles. The van der Waals surface area contributed by atoms with Gasteiger partial charge in [-0.2, -0.15) is 4.31 Å². The van der Waals surface area contributed by atoms with Crippen molar-refractivity contribution in [3.05, 3.63) is 65.1 Å². The molecule has 1 fully saturated rings. The molecule has 0 unspecified atom stereocenters. The predicted octanol–water partition coefficient (Wildman–Crippen LogP) is 2.53. The molecule has 2 aliphatic rings. The van der Waals surface area contributed by atoms with Crippen molar-refractivity contribution in [1.29, 1.82) is 0 Å². The molecule has 0 spiro atoms. The summed E-state index contributed by atoms with van der Waals surface area (Å²) in [7, 11) is -3.40. The summed E-state index contributed by atoms with van der Waals surface area (Å²) in [6.45, 7) is 3.42. The molecule has 2 aromatic carbocycles. The summed E-state index contributed by atoms with van der Waals surface area (Å²) in [5.74, 6) is 1.56. The summed E-state index contributed by atoms with van der Waals surface area (Å²) in [4.78, 5) is 2.25. The van der Waals surface area contributed by atoms with Crippen LogP contribution in [-0.4, -0.2) is 50.6 Å². The second-order valence-corrected chi connectivity index (χ2v) is 8.44. The van der Waals surface area contributed by atoms with Crippen LogP contribution in [0, 0.1) is 0 Å². The summed E-state index contributed by atoms with van der Waals surface area (Å²) in [5, 5.41) is 1.30. The van der Waals surface area contributed by atoms with Crippen molar-refractivity contribution >= 4 is 16.1 Å². The summed E-state index contributed by atoms with van der Waals surface area (Å²) >= 11 is 0. The molecule has 0 aromatic heterocycles. The molecular weight excluding hydrogens is 364 g/mol. The third-order valence-corrected chi connectivity index (χ3v) is 6.33. The van der Waals surface area contributed by atoms with Crippen LogP contribution in [0.4, 0.5) is 0 Å². The number of nitrogens with zero attached hydrogens (tertiary/aromatic N) is 2. The van der Waals surface area contributed by atoms with Crippen LogP contribution in [0.15, 0.2) is 53.9 Å². The van der Waals surface area contributed by atoms with Crippen LogP contribution < -0.4 is 9.47 Å². The first-order valence-electron chi connectivity index (χ1n) is 8.94. The van der Waals surface area contributed by atoms with Gasteiger partial charge in [0.25, 0.3) is 0 Å². The maximum Gasteiger partial charge on any atom is 0.236 e. The molecule has 1 saturated heterocycles. The lowest BCUT2D eigenvalue weighted by Crippen LogP contribution is -2.47. The molecule has 0 radical (unpaired) electrons.